The highest BCUT2D eigenvalue weighted by Crippen LogP contribution is 2.27. The van der Waals surface area contributed by atoms with Gasteiger partial charge in [-0.25, -0.2) is 0 Å². The number of nitrogens with zero attached hydrogens (tertiary/aromatic N) is 1. The smallest absolute Gasteiger partial charge is 0.307 e. The molecule has 0 aromatic heterocycles. The number of aliphatic carboxylic acids is 1. The van der Waals surface area contributed by atoms with Gasteiger partial charge in [0.25, 0.3) is 0 Å². The molecule has 0 spiro atoms. The van der Waals surface area contributed by atoms with E-state index in [-0.39, 0.29) is 11.8 Å². The molecule has 1 amide bonds. The first-order chi connectivity index (χ1) is 8.20. The van der Waals surface area contributed by atoms with Crippen LogP contribution in [0.5, 0.6) is 0 Å². The topological polar surface area (TPSA) is 69.6 Å². The molecule has 2 rings (SSSR count). The molecule has 5 nitrogen and oxygen atoms in total. The maximum absolute atomic E-state index is 12.3. The van der Waals surface area contributed by atoms with Crippen molar-refractivity contribution in [3.8, 4) is 0 Å². The van der Waals surface area contributed by atoms with Gasteiger partial charge in [0, 0.05) is 26.2 Å². The SMILES string of the molecule is O=C(O)[C@H]1CC=CC[C@H]1C(=O)N1CCNCC1. The summed E-state index contributed by atoms with van der Waals surface area (Å²) in [5.41, 5.74) is 0. The zero-order valence-electron chi connectivity index (χ0n) is 9.76. The maximum Gasteiger partial charge on any atom is 0.307 e. The molecular weight excluding hydrogens is 220 g/mol. The standard InChI is InChI=1S/C12H18N2O3/c15-11(14-7-5-13-6-8-14)9-3-1-2-4-10(9)12(16)17/h1-2,9-10,13H,3-8H2,(H,16,17)/t9-,10+/m1/s1. The first-order valence-electron chi connectivity index (χ1n) is 6.07. The molecular formula is C12H18N2O3. The van der Waals surface area contributed by atoms with Gasteiger partial charge in [-0.05, 0) is 12.8 Å². The fourth-order valence-electron chi connectivity index (χ4n) is 2.48. The molecule has 0 aromatic rings. The molecule has 1 fully saturated rings. The highest BCUT2D eigenvalue weighted by atomic mass is 16.4. The summed E-state index contributed by atoms with van der Waals surface area (Å²) in [6.45, 7) is 2.97. The van der Waals surface area contributed by atoms with Crippen LogP contribution in [-0.2, 0) is 9.59 Å². The molecule has 17 heavy (non-hydrogen) atoms. The number of carbonyl (C=O) groups excluding carboxylic acids is 1. The van der Waals surface area contributed by atoms with E-state index in [9.17, 15) is 9.59 Å². The number of carboxylic acids is 1. The Labute approximate surface area is 100 Å². The Morgan fingerprint density at radius 1 is 1.12 bits per heavy atom. The van der Waals surface area contributed by atoms with E-state index in [0.717, 1.165) is 13.1 Å². The van der Waals surface area contributed by atoms with Crippen molar-refractivity contribution in [3.63, 3.8) is 0 Å². The van der Waals surface area contributed by atoms with Crippen molar-refractivity contribution in [1.82, 2.24) is 10.2 Å². The van der Waals surface area contributed by atoms with Crippen molar-refractivity contribution in [1.29, 1.82) is 0 Å². The second-order valence-corrected chi connectivity index (χ2v) is 4.57. The summed E-state index contributed by atoms with van der Waals surface area (Å²) in [5.74, 6) is -1.79. The molecule has 2 atom stereocenters. The first kappa shape index (κ1) is 12.1. The number of hydrogen-bond donors (Lipinski definition) is 2. The van der Waals surface area contributed by atoms with Crippen molar-refractivity contribution in [2.45, 2.75) is 12.8 Å². The molecule has 1 saturated heterocycles. The number of carbonyl (C=O) groups is 2. The van der Waals surface area contributed by atoms with Gasteiger partial charge in [-0.1, -0.05) is 12.2 Å². The summed E-state index contributed by atoms with van der Waals surface area (Å²) in [5, 5.41) is 12.3. The van der Waals surface area contributed by atoms with Crippen LogP contribution >= 0.6 is 0 Å². The molecule has 0 radical (unpaired) electrons. The number of piperazine rings is 1. The number of amides is 1. The molecule has 2 N–H and O–H groups in total. The summed E-state index contributed by atoms with van der Waals surface area (Å²) in [6.07, 6.45) is 4.81. The van der Waals surface area contributed by atoms with E-state index in [1.807, 2.05) is 12.2 Å². The number of nitrogens with one attached hydrogen (secondary N) is 1. The number of carboxylic acid groups (broad SMARTS) is 1. The van der Waals surface area contributed by atoms with Gasteiger partial charge in [0.15, 0.2) is 0 Å². The molecule has 0 aromatic carbocycles. The van der Waals surface area contributed by atoms with Crippen LogP contribution in [0.2, 0.25) is 0 Å². The van der Waals surface area contributed by atoms with Crippen molar-refractivity contribution < 1.29 is 14.7 Å². The van der Waals surface area contributed by atoms with Crippen molar-refractivity contribution in [3.05, 3.63) is 12.2 Å². The first-order valence-corrected chi connectivity index (χ1v) is 6.07. The Balaban J connectivity index is 2.05. The van der Waals surface area contributed by atoms with E-state index >= 15 is 0 Å². The lowest BCUT2D eigenvalue weighted by Gasteiger charge is -2.33. The van der Waals surface area contributed by atoms with Crippen LogP contribution < -0.4 is 5.32 Å². The van der Waals surface area contributed by atoms with Crippen molar-refractivity contribution in [2.24, 2.45) is 11.8 Å². The van der Waals surface area contributed by atoms with Crippen LogP contribution in [0.1, 0.15) is 12.8 Å². The summed E-state index contributed by atoms with van der Waals surface area (Å²) in [6, 6.07) is 0. The van der Waals surface area contributed by atoms with E-state index in [4.69, 9.17) is 5.11 Å². The van der Waals surface area contributed by atoms with Gasteiger partial charge in [0.2, 0.25) is 5.91 Å². The quantitative estimate of drug-likeness (QED) is 0.669. The predicted molar refractivity (Wildman–Crippen MR) is 62.4 cm³/mol. The molecule has 2 aliphatic rings. The molecule has 5 heteroatoms. The second kappa shape index (κ2) is 5.31. The van der Waals surface area contributed by atoms with E-state index in [2.05, 4.69) is 5.32 Å². The molecule has 1 aliphatic carbocycles. The lowest BCUT2D eigenvalue weighted by Crippen LogP contribution is -2.50. The molecule has 0 bridgehead atoms. The Hall–Kier alpha value is -1.36. The van der Waals surface area contributed by atoms with Gasteiger partial charge in [0.1, 0.15) is 0 Å². The largest absolute Gasteiger partial charge is 0.481 e. The zero-order chi connectivity index (χ0) is 12.3. The van der Waals surface area contributed by atoms with Crippen LogP contribution in [-0.4, -0.2) is 48.1 Å². The predicted octanol–water partition coefficient (Wildman–Crippen LogP) is 0.0852. The minimum absolute atomic E-state index is 0.00301. The molecule has 0 saturated carbocycles. The highest BCUT2D eigenvalue weighted by Gasteiger charge is 2.36. The van der Waals surface area contributed by atoms with Gasteiger partial charge in [-0.3, -0.25) is 9.59 Å². The zero-order valence-corrected chi connectivity index (χ0v) is 9.76. The van der Waals surface area contributed by atoms with Gasteiger partial charge in [0.05, 0.1) is 11.8 Å². The van der Waals surface area contributed by atoms with E-state index in [1.165, 1.54) is 0 Å². The second-order valence-electron chi connectivity index (χ2n) is 4.57. The fourth-order valence-corrected chi connectivity index (χ4v) is 2.48. The van der Waals surface area contributed by atoms with E-state index < -0.39 is 11.9 Å². The fraction of sp³-hybridized carbons (Fsp3) is 0.667. The Bertz CT molecular complexity index is 335. The minimum Gasteiger partial charge on any atom is -0.481 e. The Morgan fingerprint density at radius 3 is 2.29 bits per heavy atom. The summed E-state index contributed by atoms with van der Waals surface area (Å²) in [4.78, 5) is 25.2. The van der Waals surface area contributed by atoms with Crippen LogP contribution in [0.4, 0.5) is 0 Å². The van der Waals surface area contributed by atoms with E-state index in [1.54, 1.807) is 4.90 Å². The Kier molecular flexibility index (Phi) is 3.78. The minimum atomic E-state index is -0.858. The monoisotopic (exact) mass is 238 g/mol. The van der Waals surface area contributed by atoms with Crippen LogP contribution in [0, 0.1) is 11.8 Å². The van der Waals surface area contributed by atoms with Crippen molar-refractivity contribution in [2.75, 3.05) is 26.2 Å². The Morgan fingerprint density at radius 2 is 1.71 bits per heavy atom. The summed E-state index contributed by atoms with van der Waals surface area (Å²) in [7, 11) is 0. The summed E-state index contributed by atoms with van der Waals surface area (Å²) >= 11 is 0. The van der Waals surface area contributed by atoms with Gasteiger partial charge >= 0.3 is 5.97 Å². The van der Waals surface area contributed by atoms with E-state index in [0.29, 0.717) is 25.9 Å². The normalized spacial score (nSPS) is 29.1. The maximum atomic E-state index is 12.3. The van der Waals surface area contributed by atoms with Gasteiger partial charge < -0.3 is 15.3 Å². The van der Waals surface area contributed by atoms with Crippen LogP contribution in [0.15, 0.2) is 12.2 Å². The third-order valence-electron chi connectivity index (χ3n) is 3.50. The number of allylic oxidation sites excluding steroid dienone is 2. The third-order valence-corrected chi connectivity index (χ3v) is 3.50. The molecule has 0 unspecified atom stereocenters. The van der Waals surface area contributed by atoms with Crippen LogP contribution in [0.25, 0.3) is 0 Å². The molecule has 1 aliphatic heterocycles. The lowest BCUT2D eigenvalue weighted by atomic mass is 9.82. The van der Waals surface area contributed by atoms with Gasteiger partial charge in [-0.2, -0.15) is 0 Å². The van der Waals surface area contributed by atoms with Crippen molar-refractivity contribution >= 4 is 11.9 Å². The number of hydrogen-bond acceptors (Lipinski definition) is 3. The highest BCUT2D eigenvalue weighted by molar-refractivity contribution is 5.85. The lowest BCUT2D eigenvalue weighted by molar-refractivity contribution is -0.150. The van der Waals surface area contributed by atoms with Gasteiger partial charge in [-0.15, -0.1) is 0 Å². The molecule has 1 heterocycles. The third kappa shape index (κ3) is 2.66. The number of rotatable bonds is 2. The summed E-state index contributed by atoms with van der Waals surface area (Å²) < 4.78 is 0. The average molecular weight is 238 g/mol. The molecule has 94 valence electrons. The average Bonchev–Trinajstić information content (AvgIpc) is 2.39. The van der Waals surface area contributed by atoms with Crippen LogP contribution in [0.3, 0.4) is 0 Å².